The highest BCUT2D eigenvalue weighted by molar-refractivity contribution is 6.10. The molecule has 0 aliphatic rings. The number of hydrogen-bond acceptors (Lipinski definition) is 4. The molecule has 0 aliphatic carbocycles. The highest BCUT2D eigenvalue weighted by atomic mass is 16.5. The molecule has 5 nitrogen and oxygen atoms in total. The van der Waals surface area contributed by atoms with Crippen LogP contribution in [-0.4, -0.2) is 28.3 Å². The molecule has 2 rings (SSSR count). The molecule has 1 N–H and O–H groups in total. The van der Waals surface area contributed by atoms with Gasteiger partial charge in [-0.05, 0) is 50.1 Å². The van der Waals surface area contributed by atoms with Crippen molar-refractivity contribution < 1.29 is 14.3 Å². The number of aromatic amines is 1. The molecule has 0 fully saturated rings. The molecule has 0 unspecified atom stereocenters. The summed E-state index contributed by atoms with van der Waals surface area (Å²) in [6.07, 6.45) is 6.52. The summed E-state index contributed by atoms with van der Waals surface area (Å²) in [7, 11) is 0. The summed E-state index contributed by atoms with van der Waals surface area (Å²) in [5.74, 6) is -0.607. The van der Waals surface area contributed by atoms with Gasteiger partial charge in [-0.15, -0.1) is 0 Å². The van der Waals surface area contributed by atoms with Gasteiger partial charge in [0.1, 0.15) is 5.69 Å². The molecule has 114 valence electrons. The van der Waals surface area contributed by atoms with Gasteiger partial charge in [-0.2, -0.15) is 0 Å². The van der Waals surface area contributed by atoms with E-state index in [0.29, 0.717) is 29.1 Å². The lowest BCUT2D eigenvalue weighted by Gasteiger charge is -2.00. The normalized spacial score (nSPS) is 10.9. The average Bonchev–Trinajstić information content (AvgIpc) is 2.81. The van der Waals surface area contributed by atoms with E-state index in [9.17, 15) is 9.59 Å². The lowest BCUT2D eigenvalue weighted by Crippen LogP contribution is -2.07. The minimum absolute atomic E-state index is 0.161. The Morgan fingerprint density at radius 2 is 2.14 bits per heavy atom. The van der Waals surface area contributed by atoms with Crippen LogP contribution in [-0.2, 0) is 4.74 Å². The zero-order valence-corrected chi connectivity index (χ0v) is 12.8. The molecule has 0 saturated carbocycles. The minimum atomic E-state index is -0.446. The highest BCUT2D eigenvalue weighted by Gasteiger charge is 2.21. The third-order valence-corrected chi connectivity index (χ3v) is 3.28. The van der Waals surface area contributed by atoms with Crippen LogP contribution in [0, 0.1) is 13.8 Å². The van der Waals surface area contributed by atoms with Crippen molar-refractivity contribution in [2.75, 3.05) is 6.61 Å². The van der Waals surface area contributed by atoms with E-state index in [-0.39, 0.29) is 5.78 Å². The Morgan fingerprint density at radius 1 is 1.36 bits per heavy atom. The molecular formula is C17H18N2O3. The maximum atomic E-state index is 12.4. The second-order valence-corrected chi connectivity index (χ2v) is 4.83. The summed E-state index contributed by atoms with van der Waals surface area (Å²) in [4.78, 5) is 31.1. The first-order valence-corrected chi connectivity index (χ1v) is 7.03. The number of ether oxygens (including phenoxy) is 1. The van der Waals surface area contributed by atoms with Gasteiger partial charge in [0.15, 0.2) is 5.78 Å². The second-order valence-electron chi connectivity index (χ2n) is 4.83. The van der Waals surface area contributed by atoms with E-state index >= 15 is 0 Å². The lowest BCUT2D eigenvalue weighted by atomic mass is 10.0. The van der Waals surface area contributed by atoms with Gasteiger partial charge in [-0.1, -0.05) is 6.07 Å². The Hall–Kier alpha value is -2.69. The highest BCUT2D eigenvalue weighted by Crippen LogP contribution is 2.20. The first kappa shape index (κ1) is 15.7. The van der Waals surface area contributed by atoms with Crippen LogP contribution in [0.25, 0.3) is 6.08 Å². The fraction of sp³-hybridized carbons (Fsp3) is 0.235. The molecule has 0 radical (unpaired) electrons. The van der Waals surface area contributed by atoms with Crippen LogP contribution in [0.15, 0.2) is 30.6 Å². The van der Waals surface area contributed by atoms with Gasteiger partial charge in [0.25, 0.3) is 0 Å². The van der Waals surface area contributed by atoms with E-state index in [0.717, 1.165) is 5.56 Å². The number of pyridine rings is 1. The lowest BCUT2D eigenvalue weighted by molar-refractivity contribution is 0.0519. The van der Waals surface area contributed by atoms with E-state index in [1.807, 2.05) is 6.07 Å². The fourth-order valence-electron chi connectivity index (χ4n) is 2.26. The molecule has 2 heterocycles. The topological polar surface area (TPSA) is 72.1 Å². The van der Waals surface area contributed by atoms with Gasteiger partial charge in [-0.25, -0.2) is 4.79 Å². The smallest absolute Gasteiger partial charge is 0.355 e. The third kappa shape index (κ3) is 3.31. The zero-order chi connectivity index (χ0) is 16.1. The molecule has 0 aliphatic heterocycles. The summed E-state index contributed by atoms with van der Waals surface area (Å²) in [5.41, 5.74) is 2.94. The van der Waals surface area contributed by atoms with E-state index in [4.69, 9.17) is 4.74 Å². The molecule has 0 bridgehead atoms. The molecule has 0 amide bonds. The molecule has 2 aromatic rings. The number of ketones is 1. The van der Waals surface area contributed by atoms with E-state index in [1.54, 1.807) is 45.3 Å². The molecular weight excluding hydrogens is 280 g/mol. The predicted octanol–water partition coefficient (Wildman–Crippen LogP) is 3.10. The van der Waals surface area contributed by atoms with Crippen LogP contribution >= 0.6 is 0 Å². The summed E-state index contributed by atoms with van der Waals surface area (Å²) >= 11 is 0. The van der Waals surface area contributed by atoms with Crippen molar-refractivity contribution in [3.63, 3.8) is 0 Å². The zero-order valence-electron chi connectivity index (χ0n) is 12.8. The Morgan fingerprint density at radius 3 is 2.77 bits per heavy atom. The maximum Gasteiger partial charge on any atom is 0.355 e. The van der Waals surface area contributed by atoms with Crippen molar-refractivity contribution in [2.45, 2.75) is 20.8 Å². The predicted molar refractivity (Wildman–Crippen MR) is 83.8 cm³/mol. The Kier molecular flexibility index (Phi) is 4.88. The summed E-state index contributed by atoms with van der Waals surface area (Å²) in [5, 5.41) is 0. The Bertz CT molecular complexity index is 715. The molecule has 0 aromatic carbocycles. The molecule has 0 saturated heterocycles. The number of allylic oxidation sites excluding steroid dienone is 1. The summed E-state index contributed by atoms with van der Waals surface area (Å²) < 4.78 is 4.98. The van der Waals surface area contributed by atoms with Gasteiger partial charge in [0.2, 0.25) is 0 Å². The van der Waals surface area contributed by atoms with E-state index in [2.05, 4.69) is 9.97 Å². The van der Waals surface area contributed by atoms with Crippen molar-refractivity contribution in [3.05, 3.63) is 58.7 Å². The van der Waals surface area contributed by atoms with Crippen molar-refractivity contribution >= 4 is 17.8 Å². The fourth-order valence-corrected chi connectivity index (χ4v) is 2.26. The number of carbonyl (C=O) groups excluding carboxylic acids is 2. The minimum Gasteiger partial charge on any atom is -0.461 e. The van der Waals surface area contributed by atoms with Crippen LogP contribution < -0.4 is 0 Å². The third-order valence-electron chi connectivity index (χ3n) is 3.28. The van der Waals surface area contributed by atoms with Crippen LogP contribution in [0.5, 0.6) is 0 Å². The number of H-pyrrole nitrogens is 1. The summed E-state index contributed by atoms with van der Waals surface area (Å²) in [6.45, 7) is 5.54. The second kappa shape index (κ2) is 6.85. The quantitative estimate of drug-likeness (QED) is 0.523. The molecule has 22 heavy (non-hydrogen) atoms. The Balaban J connectivity index is 2.27. The van der Waals surface area contributed by atoms with Gasteiger partial charge in [-0.3, -0.25) is 9.78 Å². The standard InChI is InChI=1S/C17H18N2O3/c1-4-22-17(21)16-11(2)15(12(3)19-16)14(20)8-7-13-6-5-9-18-10-13/h5-10,19H,4H2,1-3H3/b8-7+. The first-order chi connectivity index (χ1) is 10.5. The van der Waals surface area contributed by atoms with Gasteiger partial charge in [0.05, 0.1) is 6.61 Å². The van der Waals surface area contributed by atoms with Crippen molar-refractivity contribution in [1.82, 2.24) is 9.97 Å². The van der Waals surface area contributed by atoms with E-state index in [1.165, 1.54) is 6.08 Å². The largest absolute Gasteiger partial charge is 0.461 e. The van der Waals surface area contributed by atoms with Crippen LogP contribution in [0.4, 0.5) is 0 Å². The molecule has 2 aromatic heterocycles. The summed E-state index contributed by atoms with van der Waals surface area (Å²) in [6, 6.07) is 3.66. The van der Waals surface area contributed by atoms with Gasteiger partial charge in [0, 0.05) is 23.7 Å². The van der Waals surface area contributed by atoms with Crippen molar-refractivity contribution in [2.24, 2.45) is 0 Å². The number of hydrogen-bond donors (Lipinski definition) is 1. The average molecular weight is 298 g/mol. The van der Waals surface area contributed by atoms with Crippen LogP contribution in [0.1, 0.15) is 44.6 Å². The molecule has 5 heteroatoms. The number of aromatic nitrogens is 2. The number of carbonyl (C=O) groups is 2. The number of nitrogens with one attached hydrogen (secondary N) is 1. The van der Waals surface area contributed by atoms with Gasteiger partial charge >= 0.3 is 5.97 Å². The molecule has 0 atom stereocenters. The van der Waals surface area contributed by atoms with Crippen molar-refractivity contribution in [1.29, 1.82) is 0 Å². The first-order valence-electron chi connectivity index (χ1n) is 7.03. The Labute approximate surface area is 129 Å². The van der Waals surface area contributed by atoms with Gasteiger partial charge < -0.3 is 9.72 Å². The SMILES string of the molecule is CCOC(=O)c1[nH]c(C)c(C(=O)/C=C/c2cccnc2)c1C. The molecule has 0 spiro atoms. The number of esters is 1. The maximum absolute atomic E-state index is 12.4. The van der Waals surface area contributed by atoms with Crippen molar-refractivity contribution in [3.8, 4) is 0 Å². The monoisotopic (exact) mass is 298 g/mol. The number of nitrogens with zero attached hydrogens (tertiary/aromatic N) is 1. The number of aryl methyl sites for hydroxylation is 1. The number of rotatable bonds is 5. The van der Waals surface area contributed by atoms with E-state index < -0.39 is 5.97 Å². The van der Waals surface area contributed by atoms with Crippen LogP contribution in [0.2, 0.25) is 0 Å². The van der Waals surface area contributed by atoms with Crippen LogP contribution in [0.3, 0.4) is 0 Å².